The molecule has 1 fully saturated rings. The molecule has 1 saturated heterocycles. The third-order valence-electron chi connectivity index (χ3n) is 4.86. The van der Waals surface area contributed by atoms with Gasteiger partial charge in [0, 0.05) is 24.5 Å². The van der Waals surface area contributed by atoms with Crippen LogP contribution in [0.3, 0.4) is 0 Å². The molecule has 0 aliphatic carbocycles. The predicted octanol–water partition coefficient (Wildman–Crippen LogP) is 3.64. The van der Waals surface area contributed by atoms with Gasteiger partial charge in [-0.25, -0.2) is 8.78 Å². The Hall–Kier alpha value is -2.34. The predicted molar refractivity (Wildman–Crippen MR) is 95.6 cm³/mol. The van der Waals surface area contributed by atoms with Crippen molar-refractivity contribution in [2.24, 2.45) is 5.73 Å². The lowest BCUT2D eigenvalue weighted by molar-refractivity contribution is -0.136. The first-order chi connectivity index (χ1) is 12.6. The number of alkyl halides is 2. The first kappa shape index (κ1) is 18.5. The van der Waals surface area contributed by atoms with Crippen LogP contribution >= 0.6 is 0 Å². The zero-order valence-corrected chi connectivity index (χ0v) is 14.5. The Morgan fingerprint density at radius 1 is 1.23 bits per heavy atom. The van der Waals surface area contributed by atoms with E-state index in [1.165, 1.54) is 12.1 Å². The molecule has 1 aliphatic heterocycles. The lowest BCUT2D eigenvalue weighted by atomic mass is 9.94. The maximum absolute atomic E-state index is 12.9. The molecular formula is C20H23F2N3O. The van der Waals surface area contributed by atoms with Gasteiger partial charge in [0.1, 0.15) is 0 Å². The topological polar surface area (TPSA) is 59.2 Å². The van der Waals surface area contributed by atoms with Crippen molar-refractivity contribution in [3.8, 4) is 0 Å². The Balaban J connectivity index is 1.69. The van der Waals surface area contributed by atoms with Gasteiger partial charge in [-0.05, 0) is 42.9 Å². The number of pyridine rings is 1. The number of carbonyl (C=O) groups excluding carboxylic acids is 1. The van der Waals surface area contributed by atoms with Crippen LogP contribution in [0.1, 0.15) is 48.4 Å². The second-order valence-electron chi connectivity index (χ2n) is 6.68. The monoisotopic (exact) mass is 359 g/mol. The lowest BCUT2D eigenvalue weighted by Gasteiger charge is -2.37. The average Bonchev–Trinajstić information content (AvgIpc) is 2.68. The van der Waals surface area contributed by atoms with Crippen LogP contribution in [0.15, 0.2) is 48.8 Å². The molecule has 1 unspecified atom stereocenters. The third kappa shape index (κ3) is 4.25. The van der Waals surface area contributed by atoms with Crippen molar-refractivity contribution >= 4 is 5.91 Å². The lowest BCUT2D eigenvalue weighted by Crippen LogP contribution is -2.48. The molecule has 6 heteroatoms. The first-order valence-electron chi connectivity index (χ1n) is 8.89. The minimum absolute atomic E-state index is 0.00258. The van der Waals surface area contributed by atoms with E-state index >= 15 is 0 Å². The van der Waals surface area contributed by atoms with Crippen molar-refractivity contribution in [2.75, 3.05) is 6.54 Å². The fourth-order valence-corrected chi connectivity index (χ4v) is 3.47. The summed E-state index contributed by atoms with van der Waals surface area (Å²) >= 11 is 0. The molecule has 0 spiro atoms. The summed E-state index contributed by atoms with van der Waals surface area (Å²) in [5.74, 6) is -0.100. The largest absolute Gasteiger partial charge is 0.334 e. The number of amides is 1. The number of nitrogens with two attached hydrogens (primary N) is 1. The van der Waals surface area contributed by atoms with E-state index in [2.05, 4.69) is 4.98 Å². The zero-order chi connectivity index (χ0) is 18.5. The van der Waals surface area contributed by atoms with Crippen molar-refractivity contribution in [3.63, 3.8) is 0 Å². The fraction of sp³-hybridized carbons (Fsp3) is 0.400. The van der Waals surface area contributed by atoms with Crippen LogP contribution in [0.2, 0.25) is 0 Å². The van der Waals surface area contributed by atoms with E-state index in [1.807, 2.05) is 17.0 Å². The highest BCUT2D eigenvalue weighted by molar-refractivity contribution is 5.82. The summed E-state index contributed by atoms with van der Waals surface area (Å²) in [5.41, 5.74) is 7.94. The Morgan fingerprint density at radius 2 is 2.00 bits per heavy atom. The number of benzene rings is 1. The molecule has 2 atom stereocenters. The first-order valence-corrected chi connectivity index (χ1v) is 8.89. The maximum atomic E-state index is 12.9. The molecule has 3 rings (SSSR count). The summed E-state index contributed by atoms with van der Waals surface area (Å²) in [7, 11) is 0. The number of aromatic nitrogens is 1. The van der Waals surface area contributed by atoms with Gasteiger partial charge < -0.3 is 10.6 Å². The minimum atomic E-state index is -2.49. The summed E-state index contributed by atoms with van der Waals surface area (Å²) < 4.78 is 25.3. The Bertz CT molecular complexity index is 722. The van der Waals surface area contributed by atoms with Crippen molar-refractivity contribution < 1.29 is 13.6 Å². The molecular weight excluding hydrogens is 336 g/mol. The van der Waals surface area contributed by atoms with Gasteiger partial charge >= 0.3 is 0 Å². The SMILES string of the molecule is N[C@@H](Cc1ccc(C(F)F)cc1)C(=O)N1CCCCC1c1cccnc1. The van der Waals surface area contributed by atoms with Crippen LogP contribution in [-0.2, 0) is 11.2 Å². The van der Waals surface area contributed by atoms with Gasteiger partial charge in [-0.15, -0.1) is 0 Å². The van der Waals surface area contributed by atoms with Gasteiger partial charge in [-0.1, -0.05) is 30.3 Å². The molecule has 2 heterocycles. The maximum Gasteiger partial charge on any atom is 0.263 e. The van der Waals surface area contributed by atoms with Crippen LogP contribution in [-0.4, -0.2) is 28.4 Å². The summed E-state index contributed by atoms with van der Waals surface area (Å²) in [4.78, 5) is 18.9. The smallest absolute Gasteiger partial charge is 0.263 e. The van der Waals surface area contributed by atoms with Crippen LogP contribution < -0.4 is 5.73 Å². The molecule has 138 valence electrons. The number of piperidine rings is 1. The zero-order valence-electron chi connectivity index (χ0n) is 14.5. The average molecular weight is 359 g/mol. The van der Waals surface area contributed by atoms with E-state index in [9.17, 15) is 13.6 Å². The summed E-state index contributed by atoms with van der Waals surface area (Å²) in [6.45, 7) is 0.677. The van der Waals surface area contributed by atoms with Crippen LogP contribution in [0.5, 0.6) is 0 Å². The van der Waals surface area contributed by atoms with Gasteiger partial charge in [0.25, 0.3) is 6.43 Å². The van der Waals surface area contributed by atoms with Gasteiger partial charge in [0.15, 0.2) is 0 Å². The highest BCUT2D eigenvalue weighted by atomic mass is 19.3. The summed E-state index contributed by atoms with van der Waals surface area (Å²) in [5, 5.41) is 0. The van der Waals surface area contributed by atoms with E-state index in [4.69, 9.17) is 5.73 Å². The van der Waals surface area contributed by atoms with Crippen molar-refractivity contribution in [2.45, 2.75) is 44.2 Å². The van der Waals surface area contributed by atoms with Crippen molar-refractivity contribution in [3.05, 3.63) is 65.5 Å². The molecule has 1 amide bonds. The third-order valence-corrected chi connectivity index (χ3v) is 4.86. The molecule has 1 aliphatic rings. The van der Waals surface area contributed by atoms with E-state index in [1.54, 1.807) is 24.5 Å². The highest BCUT2D eigenvalue weighted by Gasteiger charge is 2.31. The number of nitrogens with zero attached hydrogens (tertiary/aromatic N) is 2. The fourth-order valence-electron chi connectivity index (χ4n) is 3.47. The number of halogens is 2. The summed E-state index contributed by atoms with van der Waals surface area (Å²) in [6, 6.07) is 9.16. The Morgan fingerprint density at radius 3 is 2.65 bits per heavy atom. The van der Waals surface area contributed by atoms with Gasteiger partial charge in [-0.3, -0.25) is 9.78 Å². The number of hydrogen-bond donors (Lipinski definition) is 1. The van der Waals surface area contributed by atoms with E-state index < -0.39 is 12.5 Å². The number of likely N-dealkylation sites (tertiary alicyclic amines) is 1. The summed E-state index contributed by atoms with van der Waals surface area (Å²) in [6.07, 6.45) is 4.27. The number of carbonyl (C=O) groups is 1. The Labute approximate surface area is 152 Å². The number of hydrogen-bond acceptors (Lipinski definition) is 3. The molecule has 0 radical (unpaired) electrons. The molecule has 2 aromatic rings. The van der Waals surface area contributed by atoms with Crippen LogP contribution in [0.25, 0.3) is 0 Å². The van der Waals surface area contributed by atoms with Crippen LogP contribution in [0, 0.1) is 0 Å². The minimum Gasteiger partial charge on any atom is -0.334 e. The molecule has 26 heavy (non-hydrogen) atoms. The van der Waals surface area contributed by atoms with Gasteiger partial charge in [0.2, 0.25) is 5.91 Å². The highest BCUT2D eigenvalue weighted by Crippen LogP contribution is 2.31. The van der Waals surface area contributed by atoms with Gasteiger partial charge in [0.05, 0.1) is 12.1 Å². The van der Waals surface area contributed by atoms with Crippen LogP contribution in [0.4, 0.5) is 8.78 Å². The molecule has 1 aromatic carbocycles. The van der Waals surface area contributed by atoms with Crippen molar-refractivity contribution in [1.29, 1.82) is 0 Å². The molecule has 2 N–H and O–H groups in total. The Kier molecular flexibility index (Phi) is 5.93. The van der Waals surface area contributed by atoms with E-state index in [0.717, 1.165) is 30.4 Å². The standard InChI is InChI=1S/C20H23F2N3O/c21-19(22)15-8-6-14(7-9-15)12-17(23)20(26)25-11-2-1-5-18(25)16-4-3-10-24-13-16/h3-4,6-10,13,17-19H,1-2,5,11-12,23H2/t17-,18?/m0/s1. The molecule has 4 nitrogen and oxygen atoms in total. The molecule has 1 aromatic heterocycles. The normalized spacial score (nSPS) is 18.8. The van der Waals surface area contributed by atoms with Gasteiger partial charge in [-0.2, -0.15) is 0 Å². The molecule has 0 bridgehead atoms. The molecule has 0 saturated carbocycles. The van der Waals surface area contributed by atoms with E-state index in [0.29, 0.717) is 13.0 Å². The second-order valence-corrected chi connectivity index (χ2v) is 6.68. The number of rotatable bonds is 5. The van der Waals surface area contributed by atoms with E-state index in [-0.39, 0.29) is 17.5 Å². The van der Waals surface area contributed by atoms with Crippen molar-refractivity contribution in [1.82, 2.24) is 9.88 Å². The second kappa shape index (κ2) is 8.36. The quantitative estimate of drug-likeness (QED) is 0.887.